The third kappa shape index (κ3) is 3.83. The van der Waals surface area contributed by atoms with Crippen LogP contribution in [0.25, 0.3) is 10.7 Å². The number of carbonyl (C=O) groups is 1. The maximum atomic E-state index is 13.3. The van der Waals surface area contributed by atoms with E-state index in [4.69, 9.17) is 0 Å². The Labute approximate surface area is 142 Å². The summed E-state index contributed by atoms with van der Waals surface area (Å²) in [4.78, 5) is 16.2. The van der Waals surface area contributed by atoms with Crippen molar-refractivity contribution in [3.8, 4) is 10.7 Å². The summed E-state index contributed by atoms with van der Waals surface area (Å²) >= 11 is 1.51. The van der Waals surface area contributed by atoms with E-state index >= 15 is 0 Å². The van der Waals surface area contributed by atoms with Gasteiger partial charge in [0.05, 0.1) is 4.88 Å². The van der Waals surface area contributed by atoms with Gasteiger partial charge in [0.1, 0.15) is 12.4 Å². The molecule has 2 heterocycles. The Morgan fingerprint density at radius 3 is 2.92 bits per heavy atom. The molecule has 0 unspecified atom stereocenters. The van der Waals surface area contributed by atoms with Crippen molar-refractivity contribution in [2.75, 3.05) is 6.54 Å². The lowest BCUT2D eigenvalue weighted by Crippen LogP contribution is -2.33. The number of rotatable bonds is 6. The number of halogens is 1. The van der Waals surface area contributed by atoms with Crippen molar-refractivity contribution < 1.29 is 9.18 Å². The number of hydrogen-bond acceptors (Lipinski definition) is 5. The molecule has 6 nitrogen and oxygen atoms in total. The minimum absolute atomic E-state index is 0.00152. The highest BCUT2D eigenvalue weighted by Gasteiger charge is 2.15. The van der Waals surface area contributed by atoms with Crippen LogP contribution < -0.4 is 0 Å². The second-order valence-electron chi connectivity index (χ2n) is 5.16. The Kier molecular flexibility index (Phi) is 4.95. The zero-order chi connectivity index (χ0) is 16.9. The topological polar surface area (TPSA) is 63.9 Å². The van der Waals surface area contributed by atoms with Crippen LogP contribution in [0.1, 0.15) is 12.5 Å². The fraction of sp³-hybridized carbons (Fsp3) is 0.250. The van der Waals surface area contributed by atoms with Gasteiger partial charge in [-0.05, 0) is 41.3 Å². The minimum Gasteiger partial charge on any atom is -0.337 e. The van der Waals surface area contributed by atoms with E-state index in [2.05, 4.69) is 15.4 Å². The molecular weight excluding hydrogens is 329 g/mol. The Hall–Kier alpha value is -2.61. The van der Waals surface area contributed by atoms with Crippen molar-refractivity contribution in [2.24, 2.45) is 0 Å². The lowest BCUT2D eigenvalue weighted by atomic mass is 10.2. The number of amides is 1. The van der Waals surface area contributed by atoms with E-state index in [1.165, 1.54) is 28.3 Å². The van der Waals surface area contributed by atoms with Gasteiger partial charge >= 0.3 is 0 Å². The van der Waals surface area contributed by atoms with Gasteiger partial charge in [-0.3, -0.25) is 4.79 Å². The van der Waals surface area contributed by atoms with Gasteiger partial charge in [-0.15, -0.1) is 21.5 Å². The molecule has 0 atom stereocenters. The molecule has 8 heteroatoms. The monoisotopic (exact) mass is 345 g/mol. The summed E-state index contributed by atoms with van der Waals surface area (Å²) in [6.07, 6.45) is 0. The first kappa shape index (κ1) is 16.3. The van der Waals surface area contributed by atoms with Crippen LogP contribution in [0, 0.1) is 5.82 Å². The van der Waals surface area contributed by atoms with Crippen molar-refractivity contribution in [1.29, 1.82) is 0 Å². The summed E-state index contributed by atoms with van der Waals surface area (Å²) in [7, 11) is 0. The number of thiophene rings is 1. The second-order valence-corrected chi connectivity index (χ2v) is 6.11. The lowest BCUT2D eigenvalue weighted by molar-refractivity contribution is -0.132. The summed E-state index contributed by atoms with van der Waals surface area (Å²) in [6, 6.07) is 10.0. The fourth-order valence-electron chi connectivity index (χ4n) is 2.27. The number of benzene rings is 1. The Morgan fingerprint density at radius 2 is 2.21 bits per heavy atom. The Morgan fingerprint density at radius 1 is 1.33 bits per heavy atom. The SMILES string of the molecule is CCN(Cc1cccc(F)c1)C(=O)Cn1nnc(-c2cccs2)n1. The third-order valence-electron chi connectivity index (χ3n) is 3.47. The predicted octanol–water partition coefficient (Wildman–Crippen LogP) is 2.59. The standard InChI is InChI=1S/C16H16FN5OS/c1-2-21(10-12-5-3-6-13(17)9-12)15(23)11-22-19-16(18-20-22)14-7-4-8-24-14/h3-9H,2,10-11H2,1H3. The highest BCUT2D eigenvalue weighted by Crippen LogP contribution is 2.19. The molecule has 0 bridgehead atoms. The van der Waals surface area contributed by atoms with Crippen LogP contribution in [0.3, 0.4) is 0 Å². The maximum Gasteiger partial charge on any atom is 0.246 e. The van der Waals surface area contributed by atoms with Crippen molar-refractivity contribution >= 4 is 17.2 Å². The van der Waals surface area contributed by atoms with E-state index in [-0.39, 0.29) is 18.3 Å². The molecule has 3 aromatic rings. The van der Waals surface area contributed by atoms with Gasteiger partial charge in [0.25, 0.3) is 0 Å². The smallest absolute Gasteiger partial charge is 0.246 e. The van der Waals surface area contributed by atoms with Gasteiger partial charge in [0, 0.05) is 13.1 Å². The van der Waals surface area contributed by atoms with Gasteiger partial charge in [0.15, 0.2) is 0 Å². The van der Waals surface area contributed by atoms with Gasteiger partial charge in [-0.1, -0.05) is 18.2 Å². The molecular formula is C16H16FN5OS. The van der Waals surface area contributed by atoms with Crippen molar-refractivity contribution in [3.05, 3.63) is 53.2 Å². The van der Waals surface area contributed by atoms with Crippen molar-refractivity contribution in [2.45, 2.75) is 20.0 Å². The quantitative estimate of drug-likeness (QED) is 0.689. The molecule has 0 aliphatic rings. The number of likely N-dealkylation sites (N-methyl/N-ethyl adjacent to an activating group) is 1. The van der Waals surface area contributed by atoms with Crippen LogP contribution in [0.4, 0.5) is 4.39 Å². The first-order valence-corrected chi connectivity index (χ1v) is 8.37. The van der Waals surface area contributed by atoms with Gasteiger partial charge in [-0.2, -0.15) is 4.80 Å². The molecule has 2 aromatic heterocycles. The molecule has 0 saturated carbocycles. The average Bonchev–Trinajstić information content (AvgIpc) is 3.23. The molecule has 0 aliphatic carbocycles. The maximum absolute atomic E-state index is 13.3. The Balaban J connectivity index is 1.66. The minimum atomic E-state index is -0.311. The molecule has 0 aliphatic heterocycles. The van der Waals surface area contributed by atoms with Gasteiger partial charge < -0.3 is 4.90 Å². The van der Waals surface area contributed by atoms with Gasteiger partial charge in [-0.25, -0.2) is 4.39 Å². The highest BCUT2D eigenvalue weighted by atomic mass is 32.1. The van der Waals surface area contributed by atoms with E-state index in [0.29, 0.717) is 18.9 Å². The number of carbonyl (C=O) groups excluding carboxylic acids is 1. The first-order chi connectivity index (χ1) is 11.7. The van der Waals surface area contributed by atoms with Crippen LogP contribution in [0.2, 0.25) is 0 Å². The summed E-state index contributed by atoms with van der Waals surface area (Å²) in [5.41, 5.74) is 0.746. The van der Waals surface area contributed by atoms with Crippen LogP contribution >= 0.6 is 11.3 Å². The lowest BCUT2D eigenvalue weighted by Gasteiger charge is -2.20. The summed E-state index contributed by atoms with van der Waals surface area (Å²) < 4.78 is 13.3. The molecule has 0 saturated heterocycles. The Bertz CT molecular complexity index is 818. The van der Waals surface area contributed by atoms with Crippen LogP contribution in [-0.2, 0) is 17.9 Å². The molecule has 0 radical (unpaired) electrons. The van der Waals surface area contributed by atoms with Crippen LogP contribution in [0.15, 0.2) is 41.8 Å². The zero-order valence-electron chi connectivity index (χ0n) is 13.1. The molecule has 1 aromatic carbocycles. The fourth-order valence-corrected chi connectivity index (χ4v) is 2.92. The number of hydrogen-bond donors (Lipinski definition) is 0. The molecule has 0 N–H and O–H groups in total. The van der Waals surface area contributed by atoms with E-state index in [9.17, 15) is 9.18 Å². The molecule has 124 valence electrons. The van der Waals surface area contributed by atoms with Crippen molar-refractivity contribution in [3.63, 3.8) is 0 Å². The van der Waals surface area contributed by atoms with Gasteiger partial charge in [0.2, 0.25) is 11.7 Å². The molecule has 3 rings (SSSR count). The summed E-state index contributed by atoms with van der Waals surface area (Å²) in [5.74, 6) is 0.0532. The summed E-state index contributed by atoms with van der Waals surface area (Å²) in [6.45, 7) is 2.74. The molecule has 0 spiro atoms. The van der Waals surface area contributed by atoms with E-state index < -0.39 is 0 Å². The predicted molar refractivity (Wildman–Crippen MR) is 88.6 cm³/mol. The zero-order valence-corrected chi connectivity index (χ0v) is 13.9. The molecule has 0 fully saturated rings. The normalized spacial score (nSPS) is 10.8. The number of aromatic nitrogens is 4. The van der Waals surface area contributed by atoms with Crippen LogP contribution in [0.5, 0.6) is 0 Å². The van der Waals surface area contributed by atoms with E-state index in [1.54, 1.807) is 17.0 Å². The first-order valence-electron chi connectivity index (χ1n) is 7.49. The average molecular weight is 345 g/mol. The molecule has 24 heavy (non-hydrogen) atoms. The highest BCUT2D eigenvalue weighted by molar-refractivity contribution is 7.13. The van der Waals surface area contributed by atoms with E-state index in [0.717, 1.165) is 10.4 Å². The van der Waals surface area contributed by atoms with Crippen molar-refractivity contribution in [1.82, 2.24) is 25.1 Å². The largest absolute Gasteiger partial charge is 0.337 e. The summed E-state index contributed by atoms with van der Waals surface area (Å²) in [5, 5.41) is 14.0. The van der Waals surface area contributed by atoms with Crippen LogP contribution in [-0.4, -0.2) is 37.6 Å². The van der Waals surface area contributed by atoms with E-state index in [1.807, 2.05) is 24.4 Å². The number of tetrazole rings is 1. The molecule has 1 amide bonds. The number of nitrogens with zero attached hydrogens (tertiary/aromatic N) is 5. The third-order valence-corrected chi connectivity index (χ3v) is 4.33. The second kappa shape index (κ2) is 7.31.